The van der Waals surface area contributed by atoms with Gasteiger partial charge in [-0.15, -0.1) is 0 Å². The van der Waals surface area contributed by atoms with Gasteiger partial charge >= 0.3 is 0 Å². The third kappa shape index (κ3) is 2.42. The lowest BCUT2D eigenvalue weighted by molar-refractivity contribution is -0.113. The maximum absolute atomic E-state index is 12.7. The fourth-order valence-corrected chi connectivity index (χ4v) is 2.75. The SMILES string of the molecule is CCc1ccccc1N1C(=O)/C(=C\c2ccnn2C)NC1=S. The maximum Gasteiger partial charge on any atom is 0.281 e. The summed E-state index contributed by atoms with van der Waals surface area (Å²) >= 11 is 5.34. The van der Waals surface area contributed by atoms with Crippen LogP contribution in [0.5, 0.6) is 0 Å². The van der Waals surface area contributed by atoms with Gasteiger partial charge < -0.3 is 5.32 Å². The second kappa shape index (κ2) is 5.73. The van der Waals surface area contributed by atoms with E-state index in [0.717, 1.165) is 23.4 Å². The van der Waals surface area contributed by atoms with Crippen molar-refractivity contribution >= 4 is 35.0 Å². The lowest BCUT2D eigenvalue weighted by atomic mass is 10.1. The molecule has 1 amide bonds. The van der Waals surface area contributed by atoms with Gasteiger partial charge in [0.1, 0.15) is 5.70 Å². The van der Waals surface area contributed by atoms with Crippen LogP contribution >= 0.6 is 12.2 Å². The molecule has 1 aliphatic rings. The molecular weight excluding hydrogens is 296 g/mol. The summed E-state index contributed by atoms with van der Waals surface area (Å²) < 4.78 is 1.70. The van der Waals surface area contributed by atoms with Crippen LogP contribution in [0, 0.1) is 0 Å². The molecule has 6 heteroatoms. The number of anilines is 1. The van der Waals surface area contributed by atoms with Gasteiger partial charge in [-0.05, 0) is 42.4 Å². The molecular formula is C16H16N4OS. The van der Waals surface area contributed by atoms with E-state index in [2.05, 4.69) is 17.3 Å². The van der Waals surface area contributed by atoms with E-state index in [1.807, 2.05) is 37.4 Å². The average Bonchev–Trinajstić information content (AvgIpc) is 3.04. The molecule has 1 saturated heterocycles. The number of benzene rings is 1. The van der Waals surface area contributed by atoms with Crippen LogP contribution in [0.3, 0.4) is 0 Å². The van der Waals surface area contributed by atoms with Gasteiger partial charge in [-0.1, -0.05) is 25.1 Å². The standard InChI is InChI=1S/C16H16N4OS/c1-3-11-6-4-5-7-14(11)20-15(21)13(18-16(20)22)10-12-8-9-17-19(12)2/h4-10H,3H2,1-2H3,(H,18,22)/b13-10+. The number of para-hydroxylation sites is 1. The lowest BCUT2D eigenvalue weighted by Crippen LogP contribution is -2.31. The van der Waals surface area contributed by atoms with Crippen LogP contribution in [0.15, 0.2) is 42.2 Å². The molecule has 0 saturated carbocycles. The van der Waals surface area contributed by atoms with Crippen LogP contribution in [0.1, 0.15) is 18.2 Å². The minimum absolute atomic E-state index is 0.146. The zero-order valence-electron chi connectivity index (χ0n) is 12.4. The summed E-state index contributed by atoms with van der Waals surface area (Å²) in [4.78, 5) is 14.3. The number of amides is 1. The van der Waals surface area contributed by atoms with Crippen molar-refractivity contribution in [3.63, 3.8) is 0 Å². The van der Waals surface area contributed by atoms with E-state index in [0.29, 0.717) is 10.8 Å². The molecule has 0 radical (unpaired) electrons. The van der Waals surface area contributed by atoms with Gasteiger partial charge in [0.05, 0.1) is 11.4 Å². The number of aryl methyl sites for hydroxylation is 2. The smallest absolute Gasteiger partial charge is 0.281 e. The fraction of sp³-hybridized carbons (Fsp3) is 0.188. The molecule has 0 atom stereocenters. The Balaban J connectivity index is 1.99. The molecule has 1 fully saturated rings. The molecule has 1 aromatic heterocycles. The highest BCUT2D eigenvalue weighted by molar-refractivity contribution is 7.80. The largest absolute Gasteiger partial charge is 0.327 e. The van der Waals surface area contributed by atoms with E-state index >= 15 is 0 Å². The van der Waals surface area contributed by atoms with E-state index in [-0.39, 0.29) is 5.91 Å². The highest BCUT2D eigenvalue weighted by Crippen LogP contribution is 2.26. The quantitative estimate of drug-likeness (QED) is 0.697. The molecule has 0 unspecified atom stereocenters. The van der Waals surface area contributed by atoms with Crippen molar-refractivity contribution in [1.82, 2.24) is 15.1 Å². The van der Waals surface area contributed by atoms with E-state index in [4.69, 9.17) is 12.2 Å². The highest BCUT2D eigenvalue weighted by Gasteiger charge is 2.33. The predicted molar refractivity (Wildman–Crippen MR) is 90.2 cm³/mol. The van der Waals surface area contributed by atoms with Gasteiger partial charge in [0.2, 0.25) is 0 Å². The monoisotopic (exact) mass is 312 g/mol. The van der Waals surface area contributed by atoms with Crippen molar-refractivity contribution in [2.75, 3.05) is 4.90 Å². The summed E-state index contributed by atoms with van der Waals surface area (Å²) in [5.74, 6) is -0.146. The Kier molecular flexibility index (Phi) is 3.77. The summed E-state index contributed by atoms with van der Waals surface area (Å²) in [7, 11) is 1.83. The number of carbonyl (C=O) groups is 1. The van der Waals surface area contributed by atoms with E-state index in [9.17, 15) is 4.79 Å². The van der Waals surface area contributed by atoms with Crippen LogP contribution in [0.25, 0.3) is 6.08 Å². The molecule has 112 valence electrons. The van der Waals surface area contributed by atoms with Gasteiger partial charge in [0, 0.05) is 13.2 Å². The van der Waals surface area contributed by atoms with Crippen molar-refractivity contribution in [2.45, 2.75) is 13.3 Å². The number of carbonyl (C=O) groups excluding carboxylic acids is 1. The van der Waals surface area contributed by atoms with Crippen molar-refractivity contribution in [3.8, 4) is 0 Å². The molecule has 1 aromatic carbocycles. The first kappa shape index (κ1) is 14.5. The highest BCUT2D eigenvalue weighted by atomic mass is 32.1. The Morgan fingerprint density at radius 3 is 2.77 bits per heavy atom. The minimum Gasteiger partial charge on any atom is -0.327 e. The Hall–Kier alpha value is -2.47. The van der Waals surface area contributed by atoms with Gasteiger partial charge in [0.25, 0.3) is 5.91 Å². The van der Waals surface area contributed by atoms with E-state index in [1.165, 1.54) is 0 Å². The number of rotatable bonds is 3. The van der Waals surface area contributed by atoms with Crippen LogP contribution in [-0.2, 0) is 18.3 Å². The van der Waals surface area contributed by atoms with E-state index < -0.39 is 0 Å². The molecule has 1 N–H and O–H groups in total. The summed E-state index contributed by atoms with van der Waals surface area (Å²) in [5, 5.41) is 7.49. The van der Waals surface area contributed by atoms with Gasteiger partial charge in [-0.3, -0.25) is 14.4 Å². The van der Waals surface area contributed by atoms with Crippen molar-refractivity contribution in [3.05, 3.63) is 53.5 Å². The van der Waals surface area contributed by atoms with Crippen molar-refractivity contribution in [2.24, 2.45) is 7.05 Å². The number of thiocarbonyl (C=S) groups is 1. The number of hydrogen-bond donors (Lipinski definition) is 1. The zero-order valence-corrected chi connectivity index (χ0v) is 13.2. The first-order chi connectivity index (χ1) is 10.6. The number of aromatic nitrogens is 2. The summed E-state index contributed by atoms with van der Waals surface area (Å²) in [5.41, 5.74) is 3.21. The van der Waals surface area contributed by atoms with Crippen LogP contribution in [0.4, 0.5) is 5.69 Å². The first-order valence-corrected chi connectivity index (χ1v) is 7.45. The Bertz CT molecular complexity index is 778. The second-order valence-electron chi connectivity index (χ2n) is 4.99. The number of hydrogen-bond acceptors (Lipinski definition) is 3. The molecule has 0 aliphatic carbocycles. The summed E-state index contributed by atoms with van der Waals surface area (Å²) in [6.45, 7) is 2.06. The van der Waals surface area contributed by atoms with Crippen LogP contribution < -0.4 is 10.2 Å². The number of nitrogens with one attached hydrogen (secondary N) is 1. The molecule has 3 rings (SSSR count). The second-order valence-corrected chi connectivity index (χ2v) is 5.38. The summed E-state index contributed by atoms with van der Waals surface area (Å²) in [6.07, 6.45) is 4.29. The average molecular weight is 312 g/mol. The van der Waals surface area contributed by atoms with Crippen molar-refractivity contribution in [1.29, 1.82) is 0 Å². The molecule has 2 heterocycles. The minimum atomic E-state index is -0.146. The molecule has 5 nitrogen and oxygen atoms in total. The molecule has 22 heavy (non-hydrogen) atoms. The third-order valence-corrected chi connectivity index (χ3v) is 3.93. The third-order valence-electron chi connectivity index (χ3n) is 3.64. The Morgan fingerprint density at radius 1 is 1.32 bits per heavy atom. The predicted octanol–water partition coefficient (Wildman–Crippen LogP) is 2.24. The molecule has 0 spiro atoms. The van der Waals surface area contributed by atoms with Gasteiger partial charge in [-0.25, -0.2) is 0 Å². The van der Waals surface area contributed by atoms with Crippen LogP contribution in [-0.4, -0.2) is 20.8 Å². The topological polar surface area (TPSA) is 50.2 Å². The Labute approximate surface area is 134 Å². The van der Waals surface area contributed by atoms with Gasteiger partial charge in [-0.2, -0.15) is 5.10 Å². The van der Waals surface area contributed by atoms with Gasteiger partial charge in [0.15, 0.2) is 5.11 Å². The fourth-order valence-electron chi connectivity index (χ4n) is 2.46. The Morgan fingerprint density at radius 2 is 2.09 bits per heavy atom. The van der Waals surface area contributed by atoms with E-state index in [1.54, 1.807) is 21.9 Å². The lowest BCUT2D eigenvalue weighted by Gasteiger charge is -2.17. The molecule has 2 aromatic rings. The summed E-state index contributed by atoms with van der Waals surface area (Å²) in [6, 6.07) is 9.64. The molecule has 0 bridgehead atoms. The maximum atomic E-state index is 12.7. The van der Waals surface area contributed by atoms with Crippen molar-refractivity contribution < 1.29 is 4.79 Å². The van der Waals surface area contributed by atoms with Crippen LogP contribution in [0.2, 0.25) is 0 Å². The first-order valence-electron chi connectivity index (χ1n) is 7.05. The zero-order chi connectivity index (χ0) is 15.7. The normalized spacial score (nSPS) is 16.5. The molecule has 1 aliphatic heterocycles. The number of nitrogens with zero attached hydrogens (tertiary/aromatic N) is 3.